The Morgan fingerprint density at radius 1 is 1.29 bits per heavy atom. The minimum Gasteiger partial charge on any atom is -0.481 e. The SMILES string of the molecule is CC(=O)O.O[C@H]1C[C@H]2CCC[C@@H](C1)N2. The zero-order valence-electron chi connectivity index (χ0n) is 8.57. The number of rotatable bonds is 0. The van der Waals surface area contributed by atoms with Crippen molar-refractivity contribution in [2.24, 2.45) is 0 Å². The van der Waals surface area contributed by atoms with Crippen LogP contribution in [0.25, 0.3) is 0 Å². The lowest BCUT2D eigenvalue weighted by Gasteiger charge is -2.38. The van der Waals surface area contributed by atoms with Crippen molar-refractivity contribution in [2.75, 3.05) is 0 Å². The van der Waals surface area contributed by atoms with Crippen molar-refractivity contribution >= 4 is 5.97 Å². The standard InChI is InChI=1S/C8H15NO.C2H4O2/c10-8-4-6-2-1-3-7(5-8)9-6;1-2(3)4/h6-10H,1-5H2;1H3,(H,3,4)/t6-,7+,8+;. The highest BCUT2D eigenvalue weighted by atomic mass is 16.4. The third kappa shape index (κ3) is 4.07. The van der Waals surface area contributed by atoms with Gasteiger partial charge in [-0.2, -0.15) is 0 Å². The largest absolute Gasteiger partial charge is 0.481 e. The molecule has 2 aliphatic heterocycles. The molecule has 3 atom stereocenters. The van der Waals surface area contributed by atoms with E-state index in [0.717, 1.165) is 19.8 Å². The minimum atomic E-state index is -0.833. The monoisotopic (exact) mass is 201 g/mol. The quantitative estimate of drug-likeness (QED) is 0.540. The van der Waals surface area contributed by atoms with Crippen molar-refractivity contribution in [3.63, 3.8) is 0 Å². The highest BCUT2D eigenvalue weighted by Crippen LogP contribution is 2.25. The summed E-state index contributed by atoms with van der Waals surface area (Å²) in [6.45, 7) is 1.08. The molecule has 0 aliphatic carbocycles. The van der Waals surface area contributed by atoms with Gasteiger partial charge in [0.25, 0.3) is 5.97 Å². The van der Waals surface area contributed by atoms with Crippen molar-refractivity contribution in [3.8, 4) is 0 Å². The smallest absolute Gasteiger partial charge is 0.300 e. The Morgan fingerprint density at radius 3 is 2.14 bits per heavy atom. The number of carbonyl (C=O) groups is 1. The van der Waals surface area contributed by atoms with Crippen molar-refractivity contribution in [1.82, 2.24) is 5.32 Å². The number of aliphatic hydroxyl groups excluding tert-OH is 1. The average molecular weight is 201 g/mol. The molecule has 2 aliphatic rings. The van der Waals surface area contributed by atoms with Crippen LogP contribution in [-0.4, -0.2) is 34.4 Å². The normalized spacial score (nSPS) is 35.4. The van der Waals surface area contributed by atoms with E-state index in [9.17, 15) is 5.11 Å². The van der Waals surface area contributed by atoms with E-state index in [1.165, 1.54) is 19.3 Å². The van der Waals surface area contributed by atoms with Crippen LogP contribution in [0.3, 0.4) is 0 Å². The van der Waals surface area contributed by atoms with E-state index in [1.807, 2.05) is 0 Å². The molecule has 82 valence electrons. The van der Waals surface area contributed by atoms with Crippen molar-refractivity contribution < 1.29 is 15.0 Å². The van der Waals surface area contributed by atoms with E-state index in [1.54, 1.807) is 0 Å². The van der Waals surface area contributed by atoms with Crippen molar-refractivity contribution in [1.29, 1.82) is 0 Å². The van der Waals surface area contributed by atoms with Crippen LogP contribution < -0.4 is 5.32 Å². The van der Waals surface area contributed by atoms with E-state index in [0.29, 0.717) is 12.1 Å². The zero-order valence-corrected chi connectivity index (χ0v) is 8.57. The van der Waals surface area contributed by atoms with Crippen molar-refractivity contribution in [2.45, 2.75) is 57.2 Å². The number of aliphatic carboxylic acids is 1. The molecule has 0 saturated carbocycles. The summed E-state index contributed by atoms with van der Waals surface area (Å²) >= 11 is 0. The Labute approximate surface area is 84.3 Å². The maximum absolute atomic E-state index is 9.38. The van der Waals surface area contributed by atoms with E-state index in [-0.39, 0.29) is 6.10 Å². The first kappa shape index (κ1) is 11.5. The first-order valence-corrected chi connectivity index (χ1v) is 5.21. The highest BCUT2D eigenvalue weighted by Gasteiger charge is 2.29. The second-order valence-electron chi connectivity index (χ2n) is 4.14. The number of piperidine rings is 2. The molecule has 0 aromatic heterocycles. The molecule has 2 rings (SSSR count). The molecule has 0 aromatic carbocycles. The first-order valence-electron chi connectivity index (χ1n) is 5.21. The van der Waals surface area contributed by atoms with Crippen molar-refractivity contribution in [3.05, 3.63) is 0 Å². The fourth-order valence-electron chi connectivity index (χ4n) is 2.24. The number of fused-ring (bicyclic) bond motifs is 2. The van der Waals surface area contributed by atoms with E-state index >= 15 is 0 Å². The van der Waals surface area contributed by atoms with Gasteiger partial charge >= 0.3 is 0 Å². The Hall–Kier alpha value is -0.610. The molecule has 0 unspecified atom stereocenters. The molecule has 3 N–H and O–H groups in total. The van der Waals surface area contributed by atoms with Crippen LogP contribution in [0.15, 0.2) is 0 Å². The molecule has 0 aromatic rings. The molecule has 0 radical (unpaired) electrons. The number of hydrogen-bond acceptors (Lipinski definition) is 3. The van der Waals surface area contributed by atoms with Gasteiger partial charge in [-0.1, -0.05) is 6.42 Å². The number of carboxylic acid groups (broad SMARTS) is 1. The van der Waals surface area contributed by atoms with Crippen LogP contribution in [0.4, 0.5) is 0 Å². The second kappa shape index (κ2) is 5.32. The summed E-state index contributed by atoms with van der Waals surface area (Å²) in [6.07, 6.45) is 5.85. The summed E-state index contributed by atoms with van der Waals surface area (Å²) < 4.78 is 0. The third-order valence-electron chi connectivity index (χ3n) is 2.69. The predicted octanol–water partition coefficient (Wildman–Crippen LogP) is 0.743. The topological polar surface area (TPSA) is 69.6 Å². The zero-order chi connectivity index (χ0) is 10.6. The van der Waals surface area contributed by atoms with Gasteiger partial charge in [-0.3, -0.25) is 4.79 Å². The van der Waals surface area contributed by atoms with Gasteiger partial charge in [0.2, 0.25) is 0 Å². The molecule has 4 heteroatoms. The minimum absolute atomic E-state index is 0.0171. The Morgan fingerprint density at radius 2 is 1.71 bits per heavy atom. The molecule has 0 spiro atoms. The average Bonchev–Trinajstić information content (AvgIpc) is 2.01. The number of carboxylic acids is 1. The lowest BCUT2D eigenvalue weighted by molar-refractivity contribution is -0.134. The lowest BCUT2D eigenvalue weighted by Crippen LogP contribution is -2.50. The van der Waals surface area contributed by atoms with E-state index in [4.69, 9.17) is 9.90 Å². The summed E-state index contributed by atoms with van der Waals surface area (Å²) in [5, 5.41) is 20.3. The van der Waals surface area contributed by atoms with Crippen LogP contribution in [-0.2, 0) is 4.79 Å². The van der Waals surface area contributed by atoms with Crippen LogP contribution in [0.2, 0.25) is 0 Å². The molecular formula is C10H19NO3. The molecule has 4 nitrogen and oxygen atoms in total. The molecule has 2 saturated heterocycles. The van der Waals surface area contributed by atoms with Gasteiger partial charge in [-0.05, 0) is 25.7 Å². The number of hydrogen-bond donors (Lipinski definition) is 3. The van der Waals surface area contributed by atoms with E-state index < -0.39 is 5.97 Å². The van der Waals surface area contributed by atoms with Gasteiger partial charge in [0.05, 0.1) is 6.10 Å². The van der Waals surface area contributed by atoms with Gasteiger partial charge in [0, 0.05) is 19.0 Å². The van der Waals surface area contributed by atoms with Gasteiger partial charge < -0.3 is 15.5 Å². The number of nitrogens with one attached hydrogen (secondary N) is 1. The molecule has 14 heavy (non-hydrogen) atoms. The van der Waals surface area contributed by atoms with Crippen LogP contribution in [0.5, 0.6) is 0 Å². The van der Waals surface area contributed by atoms with Crippen LogP contribution in [0, 0.1) is 0 Å². The lowest BCUT2D eigenvalue weighted by atomic mass is 9.85. The van der Waals surface area contributed by atoms with E-state index in [2.05, 4.69) is 5.32 Å². The fourth-order valence-corrected chi connectivity index (χ4v) is 2.24. The maximum atomic E-state index is 9.38. The second-order valence-corrected chi connectivity index (χ2v) is 4.14. The van der Waals surface area contributed by atoms with Gasteiger partial charge in [0.15, 0.2) is 0 Å². The molecule has 2 bridgehead atoms. The van der Waals surface area contributed by atoms with Gasteiger partial charge in [-0.15, -0.1) is 0 Å². The van der Waals surface area contributed by atoms with Gasteiger partial charge in [0.1, 0.15) is 0 Å². The van der Waals surface area contributed by atoms with Gasteiger partial charge in [-0.25, -0.2) is 0 Å². The molecular weight excluding hydrogens is 182 g/mol. The third-order valence-corrected chi connectivity index (χ3v) is 2.69. The molecule has 0 amide bonds. The predicted molar refractivity (Wildman–Crippen MR) is 53.1 cm³/mol. The highest BCUT2D eigenvalue weighted by molar-refractivity contribution is 5.62. The Balaban J connectivity index is 0.000000213. The number of aliphatic hydroxyl groups is 1. The molecule has 2 fully saturated rings. The first-order chi connectivity index (χ1) is 6.58. The van der Waals surface area contributed by atoms with Crippen LogP contribution >= 0.6 is 0 Å². The maximum Gasteiger partial charge on any atom is 0.300 e. The fraction of sp³-hybridized carbons (Fsp3) is 0.900. The summed E-state index contributed by atoms with van der Waals surface area (Å²) in [5.74, 6) is -0.833. The Kier molecular flexibility index (Phi) is 4.35. The van der Waals surface area contributed by atoms with Crippen LogP contribution in [0.1, 0.15) is 39.0 Å². The summed E-state index contributed by atoms with van der Waals surface area (Å²) in [6, 6.07) is 1.25. The Bertz CT molecular complexity index is 176. The summed E-state index contributed by atoms with van der Waals surface area (Å²) in [5.41, 5.74) is 0. The summed E-state index contributed by atoms with van der Waals surface area (Å²) in [4.78, 5) is 9.00. The summed E-state index contributed by atoms with van der Waals surface area (Å²) in [7, 11) is 0. The molecule has 2 heterocycles.